The zero-order chi connectivity index (χ0) is 12.5. The van der Waals surface area contributed by atoms with Crippen LogP contribution in [0.15, 0.2) is 42.6 Å². The van der Waals surface area contributed by atoms with Crippen LogP contribution in [-0.4, -0.2) is 15.0 Å². The first-order chi connectivity index (χ1) is 8.72. The van der Waals surface area contributed by atoms with Gasteiger partial charge in [-0.3, -0.25) is 4.98 Å². The number of pyridine rings is 1. The Balaban J connectivity index is 2.19. The van der Waals surface area contributed by atoms with Crippen LogP contribution in [0.25, 0.3) is 22.2 Å². The lowest BCUT2D eigenvalue weighted by atomic mass is 10.1. The second-order valence-corrected chi connectivity index (χ2v) is 4.42. The number of aromatic nitrogens is 3. The second-order valence-electron chi connectivity index (χ2n) is 4.03. The molecular weight excluding hydrogens is 246 g/mol. The Morgan fingerprint density at radius 2 is 1.94 bits per heavy atom. The van der Waals surface area contributed by atoms with Crippen LogP contribution in [0, 0.1) is 6.92 Å². The third kappa shape index (κ3) is 2.05. The van der Waals surface area contributed by atoms with E-state index in [1.54, 1.807) is 12.3 Å². The highest BCUT2D eigenvalue weighted by atomic mass is 35.5. The molecule has 0 amide bonds. The summed E-state index contributed by atoms with van der Waals surface area (Å²) in [7, 11) is 0. The molecule has 3 rings (SSSR count). The van der Waals surface area contributed by atoms with Crippen molar-refractivity contribution < 1.29 is 0 Å². The molecule has 0 radical (unpaired) electrons. The van der Waals surface area contributed by atoms with Crippen molar-refractivity contribution in [3.63, 3.8) is 0 Å². The monoisotopic (exact) mass is 255 g/mol. The fourth-order valence-electron chi connectivity index (χ4n) is 1.91. The SMILES string of the molecule is Cc1nc(Cl)cc(-c2ccc3ncccc3c2)n1. The number of hydrogen-bond acceptors (Lipinski definition) is 3. The second kappa shape index (κ2) is 4.35. The number of nitrogens with zero attached hydrogens (tertiary/aromatic N) is 3. The van der Waals surface area contributed by atoms with E-state index in [0.29, 0.717) is 11.0 Å². The van der Waals surface area contributed by atoms with E-state index in [1.165, 1.54) is 0 Å². The minimum atomic E-state index is 0.462. The highest BCUT2D eigenvalue weighted by Gasteiger charge is 2.04. The summed E-state index contributed by atoms with van der Waals surface area (Å²) in [5.41, 5.74) is 2.82. The summed E-state index contributed by atoms with van der Waals surface area (Å²) in [6.07, 6.45) is 1.79. The predicted octanol–water partition coefficient (Wildman–Crippen LogP) is 3.65. The van der Waals surface area contributed by atoms with Crippen LogP contribution in [0.3, 0.4) is 0 Å². The van der Waals surface area contributed by atoms with Crippen molar-refractivity contribution in [2.45, 2.75) is 6.92 Å². The number of hydrogen-bond donors (Lipinski definition) is 0. The lowest BCUT2D eigenvalue weighted by molar-refractivity contribution is 1.06. The van der Waals surface area contributed by atoms with Gasteiger partial charge in [0.15, 0.2) is 0 Å². The molecule has 3 nitrogen and oxygen atoms in total. The number of rotatable bonds is 1. The summed E-state index contributed by atoms with van der Waals surface area (Å²) in [6.45, 7) is 1.83. The van der Waals surface area contributed by atoms with Crippen LogP contribution in [0.4, 0.5) is 0 Å². The number of fused-ring (bicyclic) bond motifs is 1. The molecule has 0 atom stereocenters. The summed E-state index contributed by atoms with van der Waals surface area (Å²) in [6, 6.07) is 11.8. The van der Waals surface area contributed by atoms with Gasteiger partial charge in [0.05, 0.1) is 11.2 Å². The third-order valence-electron chi connectivity index (χ3n) is 2.71. The maximum absolute atomic E-state index is 5.95. The van der Waals surface area contributed by atoms with Crippen LogP contribution in [-0.2, 0) is 0 Å². The van der Waals surface area contributed by atoms with Gasteiger partial charge >= 0.3 is 0 Å². The van der Waals surface area contributed by atoms with E-state index in [-0.39, 0.29) is 0 Å². The van der Waals surface area contributed by atoms with Gasteiger partial charge in [0.1, 0.15) is 11.0 Å². The maximum Gasteiger partial charge on any atom is 0.133 e. The maximum atomic E-state index is 5.95. The van der Waals surface area contributed by atoms with Crippen LogP contribution in [0.2, 0.25) is 5.15 Å². The van der Waals surface area contributed by atoms with Gasteiger partial charge in [-0.2, -0.15) is 0 Å². The largest absolute Gasteiger partial charge is 0.256 e. The molecule has 88 valence electrons. The molecule has 0 bridgehead atoms. The lowest BCUT2D eigenvalue weighted by Gasteiger charge is -2.04. The molecule has 0 aliphatic carbocycles. The minimum Gasteiger partial charge on any atom is -0.256 e. The average Bonchev–Trinajstić information content (AvgIpc) is 2.37. The van der Waals surface area contributed by atoms with Crippen molar-refractivity contribution in [1.29, 1.82) is 0 Å². The fraction of sp³-hybridized carbons (Fsp3) is 0.0714. The summed E-state index contributed by atoms with van der Waals surface area (Å²) in [4.78, 5) is 12.8. The fourth-order valence-corrected chi connectivity index (χ4v) is 2.14. The van der Waals surface area contributed by atoms with Crippen molar-refractivity contribution in [2.75, 3.05) is 0 Å². The number of benzene rings is 1. The van der Waals surface area contributed by atoms with Crippen LogP contribution < -0.4 is 0 Å². The molecular formula is C14H10ClN3. The molecule has 18 heavy (non-hydrogen) atoms. The zero-order valence-electron chi connectivity index (χ0n) is 9.76. The third-order valence-corrected chi connectivity index (χ3v) is 2.90. The molecule has 4 heteroatoms. The molecule has 0 aliphatic heterocycles. The van der Waals surface area contributed by atoms with Crippen molar-refractivity contribution in [3.05, 3.63) is 53.6 Å². The average molecular weight is 256 g/mol. The van der Waals surface area contributed by atoms with Gasteiger partial charge in [-0.05, 0) is 25.1 Å². The van der Waals surface area contributed by atoms with Gasteiger partial charge in [0.25, 0.3) is 0 Å². The van der Waals surface area contributed by atoms with Gasteiger partial charge in [0.2, 0.25) is 0 Å². The Morgan fingerprint density at radius 3 is 2.78 bits per heavy atom. The van der Waals surface area contributed by atoms with E-state index in [2.05, 4.69) is 21.0 Å². The summed E-state index contributed by atoms with van der Waals surface area (Å²) in [5, 5.41) is 1.55. The van der Waals surface area contributed by atoms with Crippen LogP contribution in [0.1, 0.15) is 5.82 Å². The quantitative estimate of drug-likeness (QED) is 0.623. The van der Waals surface area contributed by atoms with Gasteiger partial charge in [-0.15, -0.1) is 0 Å². The number of aryl methyl sites for hydroxylation is 1. The van der Waals surface area contributed by atoms with E-state index in [0.717, 1.165) is 22.2 Å². The first-order valence-electron chi connectivity index (χ1n) is 5.59. The van der Waals surface area contributed by atoms with Gasteiger partial charge < -0.3 is 0 Å². The minimum absolute atomic E-state index is 0.462. The smallest absolute Gasteiger partial charge is 0.133 e. The van der Waals surface area contributed by atoms with Crippen molar-refractivity contribution in [1.82, 2.24) is 15.0 Å². The molecule has 0 fully saturated rings. The summed E-state index contributed by atoms with van der Waals surface area (Å²) >= 11 is 5.95. The molecule has 3 aromatic rings. The van der Waals surface area contributed by atoms with Crippen molar-refractivity contribution in [3.8, 4) is 11.3 Å². The Labute approximate surface area is 109 Å². The number of halogens is 1. The highest BCUT2D eigenvalue weighted by Crippen LogP contribution is 2.23. The molecule has 2 aromatic heterocycles. The Morgan fingerprint density at radius 1 is 1.06 bits per heavy atom. The lowest BCUT2D eigenvalue weighted by Crippen LogP contribution is -1.91. The molecule has 0 N–H and O–H groups in total. The van der Waals surface area contributed by atoms with Gasteiger partial charge in [-0.25, -0.2) is 9.97 Å². The normalized spacial score (nSPS) is 10.8. The molecule has 0 saturated carbocycles. The van der Waals surface area contributed by atoms with Crippen molar-refractivity contribution in [2.24, 2.45) is 0 Å². The molecule has 0 aliphatic rings. The first-order valence-corrected chi connectivity index (χ1v) is 5.96. The summed E-state index contributed by atoms with van der Waals surface area (Å²) in [5.74, 6) is 0.670. The Bertz CT molecular complexity index is 705. The first kappa shape index (κ1) is 11.1. The van der Waals surface area contributed by atoms with Crippen LogP contribution >= 0.6 is 11.6 Å². The van der Waals surface area contributed by atoms with Crippen molar-refractivity contribution >= 4 is 22.5 Å². The Kier molecular flexibility index (Phi) is 2.68. The van der Waals surface area contributed by atoms with E-state index < -0.39 is 0 Å². The van der Waals surface area contributed by atoms with E-state index in [9.17, 15) is 0 Å². The molecule has 0 spiro atoms. The Hall–Kier alpha value is -2.00. The summed E-state index contributed by atoms with van der Waals surface area (Å²) < 4.78 is 0. The van der Waals surface area contributed by atoms with Gasteiger partial charge in [0, 0.05) is 23.2 Å². The van der Waals surface area contributed by atoms with E-state index in [4.69, 9.17) is 11.6 Å². The highest BCUT2D eigenvalue weighted by molar-refractivity contribution is 6.29. The molecule has 1 aromatic carbocycles. The zero-order valence-corrected chi connectivity index (χ0v) is 10.5. The predicted molar refractivity (Wildman–Crippen MR) is 72.5 cm³/mol. The topological polar surface area (TPSA) is 38.7 Å². The van der Waals surface area contributed by atoms with Gasteiger partial charge in [-0.1, -0.05) is 23.7 Å². The van der Waals surface area contributed by atoms with Crippen LogP contribution in [0.5, 0.6) is 0 Å². The molecule has 0 unspecified atom stereocenters. The van der Waals surface area contributed by atoms with E-state index in [1.807, 2.05) is 31.2 Å². The molecule has 2 heterocycles. The standard InChI is InChI=1S/C14H10ClN3/c1-9-17-13(8-14(15)18-9)11-4-5-12-10(7-11)3-2-6-16-12/h2-8H,1H3. The van der Waals surface area contributed by atoms with E-state index >= 15 is 0 Å². The molecule has 0 saturated heterocycles.